The number of aliphatic imine (C=N–C) groups is 2. The predicted octanol–water partition coefficient (Wildman–Crippen LogP) is -4.70. The van der Waals surface area contributed by atoms with Crippen LogP contribution in [0.4, 0.5) is 0 Å². The van der Waals surface area contributed by atoms with Crippen molar-refractivity contribution in [1.82, 2.24) is 74.0 Å². The van der Waals surface area contributed by atoms with Crippen molar-refractivity contribution in [2.75, 3.05) is 37.7 Å². The SMILES string of the molecule is CC[C@H](C)[C@H](NC(=O)[C@H](CC(C)C)NC(=O)[C@H](CS)NC(=O)[C@H](CCCCN)NC(=O)[C@H](CCC(=O)O)NC(=O)[C@H](CCC(=O)O)NC(=O)[C@H](Cc1ccc(O)cc1)NC(=O)[C@H](C)NC(=O)[C@@H]1CCCN1C(=O)[C@@H](N)CCCN=C(N)N)C(=O)N[C@H](C(=O)N[C@@H](CCCN=C(N)N)C(=O)N[C@@H](CS)C(=O)N[C@@H](C)C(=O)N[C@H](C(=O)O)C(C)C)[C@@H](C)CC. The number of carbonyl (C=O) groups is 17. The zero-order valence-electron chi connectivity index (χ0n) is 71.0. The lowest BCUT2D eigenvalue weighted by atomic mass is 9.94. The van der Waals surface area contributed by atoms with Gasteiger partial charge in [0, 0.05) is 50.4 Å². The maximum atomic E-state index is 14.7. The molecule has 0 bridgehead atoms. The minimum Gasteiger partial charge on any atom is -0.508 e. The quantitative estimate of drug-likeness (QED) is 0.0126. The molecular formula is C77H130N22O21S2. The molecule has 1 aromatic carbocycles. The van der Waals surface area contributed by atoms with E-state index in [1.165, 1.54) is 43.0 Å². The summed E-state index contributed by atoms with van der Waals surface area (Å²) in [6, 6.07) is -16.1. The number of nitrogens with two attached hydrogens (primary N) is 6. The van der Waals surface area contributed by atoms with E-state index in [2.05, 4.69) is 104 Å². The summed E-state index contributed by atoms with van der Waals surface area (Å²) in [5.41, 5.74) is 34.2. The second-order valence-electron chi connectivity index (χ2n) is 31.0. The first-order valence-corrected chi connectivity index (χ1v) is 42.1. The predicted molar refractivity (Wildman–Crippen MR) is 456 cm³/mol. The Hall–Kier alpha value is -10.8. The number of benzene rings is 1. The molecule has 17 atom stereocenters. The van der Waals surface area contributed by atoms with Crippen LogP contribution in [-0.4, -0.2) is 266 Å². The summed E-state index contributed by atoms with van der Waals surface area (Å²) < 4.78 is 0. The first-order chi connectivity index (χ1) is 57.3. The molecule has 14 amide bonds. The van der Waals surface area contributed by atoms with Crippen LogP contribution in [0.15, 0.2) is 34.3 Å². The summed E-state index contributed by atoms with van der Waals surface area (Å²) in [6.45, 7) is 16.4. The van der Waals surface area contributed by atoms with Crippen molar-refractivity contribution in [3.8, 4) is 5.75 Å². The van der Waals surface area contributed by atoms with E-state index < -0.39 is 240 Å². The Morgan fingerprint density at radius 3 is 1.28 bits per heavy atom. The standard InChI is InChI=1S/C77H130N22O21S2/c1-11-40(7)59(72(116)91-48(20-16-32-85-77(82)83)64(108)94-53(36-121)69(113)86-43(10)62(106)96-58(39(5)6)75(119)120)98-73(117)60(41(8)12-2)97-68(112)51(34-38(3)4)93-70(114)54(37-122)95-63(107)47(19-13-14-30-78)88-65(109)49(26-28-56(101)102)89-66(110)50(27-29-57(103)104)90-67(111)52(35-44-22-24-45(100)25-23-44)92-61(105)42(9)87-71(115)55-21-17-33-99(55)74(118)46(79)18-15-31-84-76(80)81/h22-25,38-43,46-55,58-60,100,121-122H,11-21,26-37,78-79H2,1-10H3,(H,86,113)(H,87,115)(H,88,109)(H,89,110)(H,90,111)(H,91,116)(H,92,105)(H,93,114)(H,94,108)(H,95,107)(H,96,106)(H,97,112)(H,98,117)(H,101,102)(H,103,104)(H,119,120)(H4,80,81,84)(H4,82,83,85)/t40-,41-,42-,43-,46-,47-,48-,49-,50-,51-,52-,53-,54-,55-,58-,59-,60-/m0/s1. The van der Waals surface area contributed by atoms with Crippen LogP contribution in [0.3, 0.4) is 0 Å². The van der Waals surface area contributed by atoms with Gasteiger partial charge < -0.3 is 129 Å². The number of thiol groups is 2. The number of nitrogens with one attached hydrogen (secondary N) is 13. The monoisotopic (exact) mass is 1760 g/mol. The van der Waals surface area contributed by atoms with Gasteiger partial charge in [0.15, 0.2) is 11.9 Å². The molecule has 1 heterocycles. The van der Waals surface area contributed by atoms with E-state index in [1.807, 2.05) is 0 Å². The Morgan fingerprint density at radius 2 is 0.836 bits per heavy atom. The highest BCUT2D eigenvalue weighted by atomic mass is 32.1. The zero-order chi connectivity index (χ0) is 92.4. The van der Waals surface area contributed by atoms with Crippen LogP contribution in [0.1, 0.15) is 178 Å². The third-order valence-electron chi connectivity index (χ3n) is 20.1. The summed E-state index contributed by atoms with van der Waals surface area (Å²) in [6.07, 6.45) is -1.34. The Labute approximate surface area is 720 Å². The number of nitrogens with zero attached hydrogens (tertiary/aromatic N) is 3. The number of phenolic OH excluding ortho intramolecular Hbond substituents is 1. The number of hydrogen-bond acceptors (Lipinski definition) is 24. The van der Waals surface area contributed by atoms with Gasteiger partial charge in [0.1, 0.15) is 90.3 Å². The largest absolute Gasteiger partial charge is 0.508 e. The van der Waals surface area contributed by atoms with Crippen LogP contribution in [0, 0.1) is 23.7 Å². The van der Waals surface area contributed by atoms with Crippen LogP contribution in [0.2, 0.25) is 0 Å². The van der Waals surface area contributed by atoms with E-state index in [-0.39, 0.29) is 126 Å². The number of aromatic hydroxyl groups is 1. The van der Waals surface area contributed by atoms with Crippen LogP contribution in [0.25, 0.3) is 0 Å². The van der Waals surface area contributed by atoms with Crippen molar-refractivity contribution < 1.29 is 102 Å². The van der Waals surface area contributed by atoms with Gasteiger partial charge in [-0.1, -0.05) is 80.4 Å². The molecule has 122 heavy (non-hydrogen) atoms. The van der Waals surface area contributed by atoms with Crippen LogP contribution < -0.4 is 104 Å². The van der Waals surface area contributed by atoms with Gasteiger partial charge in [-0.2, -0.15) is 25.3 Å². The van der Waals surface area contributed by atoms with Crippen molar-refractivity contribution in [3.05, 3.63) is 29.8 Å². The number of carboxylic acids is 3. The van der Waals surface area contributed by atoms with Gasteiger partial charge in [0.25, 0.3) is 0 Å². The Morgan fingerprint density at radius 1 is 0.459 bits per heavy atom. The number of aliphatic carboxylic acids is 3. The molecule has 0 aromatic heterocycles. The van der Waals surface area contributed by atoms with Crippen molar-refractivity contribution in [1.29, 1.82) is 0 Å². The molecule has 45 heteroatoms. The second-order valence-corrected chi connectivity index (χ2v) is 31.7. The van der Waals surface area contributed by atoms with Gasteiger partial charge in [-0.25, -0.2) is 4.79 Å². The molecule has 43 nitrogen and oxygen atoms in total. The molecule has 1 aromatic rings. The summed E-state index contributed by atoms with van der Waals surface area (Å²) in [4.78, 5) is 243. The number of amides is 14. The fourth-order valence-corrected chi connectivity index (χ4v) is 13.1. The van der Waals surface area contributed by atoms with E-state index in [4.69, 9.17) is 34.4 Å². The van der Waals surface area contributed by atoms with E-state index in [1.54, 1.807) is 55.4 Å². The van der Waals surface area contributed by atoms with Gasteiger partial charge in [-0.05, 0) is 139 Å². The van der Waals surface area contributed by atoms with Crippen LogP contribution in [0.5, 0.6) is 5.75 Å². The molecule has 0 saturated carbocycles. The van der Waals surface area contributed by atoms with Gasteiger partial charge in [-0.15, -0.1) is 0 Å². The molecule has 1 aliphatic heterocycles. The highest BCUT2D eigenvalue weighted by molar-refractivity contribution is 7.80. The first kappa shape index (κ1) is 107. The second kappa shape index (κ2) is 55.2. The fourth-order valence-electron chi connectivity index (χ4n) is 12.6. The van der Waals surface area contributed by atoms with Gasteiger partial charge in [0.2, 0.25) is 82.7 Å². The average Bonchev–Trinajstić information content (AvgIpc) is 1.43. The van der Waals surface area contributed by atoms with E-state index in [0.29, 0.717) is 18.4 Å². The maximum absolute atomic E-state index is 14.7. The normalized spacial score (nSPS) is 16.4. The number of hydrogen-bond donors (Lipinski definition) is 25. The first-order valence-electron chi connectivity index (χ1n) is 40.8. The number of likely N-dealkylation sites (tertiary alicyclic amines) is 1. The number of guanidine groups is 2. The van der Waals surface area contributed by atoms with Crippen molar-refractivity contribution in [2.45, 2.75) is 269 Å². The summed E-state index contributed by atoms with van der Waals surface area (Å²) >= 11 is 8.57. The van der Waals surface area contributed by atoms with E-state index in [0.717, 1.165) is 0 Å². The molecule has 2 rings (SSSR count). The third-order valence-corrected chi connectivity index (χ3v) is 20.9. The van der Waals surface area contributed by atoms with E-state index >= 15 is 0 Å². The molecular weight excluding hydrogens is 1630 g/mol. The maximum Gasteiger partial charge on any atom is 0.326 e. The molecule has 0 aliphatic carbocycles. The Bertz CT molecular complexity index is 3760. The van der Waals surface area contributed by atoms with Gasteiger partial charge in [0.05, 0.1) is 6.04 Å². The lowest BCUT2D eigenvalue weighted by Gasteiger charge is -2.31. The molecule has 0 unspecified atom stereocenters. The lowest BCUT2D eigenvalue weighted by molar-refractivity contribution is -0.143. The summed E-state index contributed by atoms with van der Waals surface area (Å²) in [7, 11) is 0. The number of rotatable bonds is 57. The van der Waals surface area contributed by atoms with Crippen LogP contribution in [-0.2, 0) is 87.9 Å². The minimum absolute atomic E-state index is 0.00730. The van der Waals surface area contributed by atoms with Gasteiger partial charge >= 0.3 is 17.9 Å². The molecule has 0 radical (unpaired) electrons. The Kier molecular flexibility index (Phi) is 48.6. The summed E-state index contributed by atoms with van der Waals surface area (Å²) in [5.74, 6) is -20.6. The highest BCUT2D eigenvalue weighted by Crippen LogP contribution is 2.22. The number of carboxylic acid groups (broad SMARTS) is 3. The van der Waals surface area contributed by atoms with Crippen molar-refractivity contribution in [2.24, 2.45) is 68.1 Å². The van der Waals surface area contributed by atoms with Crippen LogP contribution >= 0.6 is 25.3 Å². The zero-order valence-corrected chi connectivity index (χ0v) is 72.8. The van der Waals surface area contributed by atoms with Gasteiger partial charge in [-0.3, -0.25) is 86.7 Å². The fraction of sp³-hybridized carbons (Fsp3) is 0.675. The van der Waals surface area contributed by atoms with Crippen molar-refractivity contribution in [3.63, 3.8) is 0 Å². The molecule has 0 spiro atoms. The highest BCUT2D eigenvalue weighted by Gasteiger charge is 2.41. The Balaban J connectivity index is 2.50. The van der Waals surface area contributed by atoms with Crippen molar-refractivity contribution >= 4 is 138 Å². The molecule has 1 fully saturated rings. The lowest BCUT2D eigenvalue weighted by Crippen LogP contribution is -2.62. The smallest absolute Gasteiger partial charge is 0.326 e. The summed E-state index contributed by atoms with van der Waals surface area (Å²) in [5, 5.41) is 72.3. The number of phenols is 1. The molecule has 1 aliphatic rings. The third kappa shape index (κ3) is 38.5. The number of unbranched alkanes of at least 4 members (excludes halogenated alkanes) is 1. The molecule has 1 saturated heterocycles. The average molecular weight is 1760 g/mol. The van der Waals surface area contributed by atoms with E-state index in [9.17, 15) is 102 Å². The topological polar surface area (TPSA) is 712 Å². The minimum atomic E-state index is -1.85. The molecule has 686 valence electrons. The molecule has 29 N–H and O–H groups in total. The number of carbonyl (C=O) groups excluding carboxylic acids is 14.